The third-order valence-corrected chi connectivity index (χ3v) is 4.74. The second-order valence-corrected chi connectivity index (χ2v) is 6.75. The summed E-state index contributed by atoms with van der Waals surface area (Å²) in [5, 5.41) is 2.84. The Bertz CT molecular complexity index is 1010. The summed E-state index contributed by atoms with van der Waals surface area (Å²) >= 11 is 0. The van der Waals surface area contributed by atoms with Gasteiger partial charge in [0.05, 0.1) is 0 Å². The minimum absolute atomic E-state index is 0.158. The number of rotatable bonds is 6. The molecule has 144 valence electrons. The fourth-order valence-corrected chi connectivity index (χ4v) is 3.29. The van der Waals surface area contributed by atoms with Crippen LogP contribution in [0.3, 0.4) is 0 Å². The van der Waals surface area contributed by atoms with E-state index in [9.17, 15) is 9.59 Å². The predicted molar refractivity (Wildman–Crippen MR) is 113 cm³/mol. The number of amides is 1. The van der Waals surface area contributed by atoms with E-state index in [0.29, 0.717) is 11.1 Å². The normalized spacial score (nSPS) is 10.5. The van der Waals surface area contributed by atoms with Gasteiger partial charge >= 0.3 is 0 Å². The van der Waals surface area contributed by atoms with E-state index in [2.05, 4.69) is 34.3 Å². The number of nitrogens with zero attached hydrogens (tertiary/aromatic N) is 1. The summed E-state index contributed by atoms with van der Waals surface area (Å²) in [6.45, 7) is 6.84. The van der Waals surface area contributed by atoms with E-state index in [-0.39, 0.29) is 18.0 Å². The molecule has 1 aromatic heterocycles. The lowest BCUT2D eigenvalue weighted by atomic mass is 10.1. The molecule has 5 nitrogen and oxygen atoms in total. The molecule has 1 heterocycles. The van der Waals surface area contributed by atoms with Gasteiger partial charge in [0.2, 0.25) is 0 Å². The number of hydrogen-bond acceptors (Lipinski definition) is 3. The number of anilines is 2. The smallest absolute Gasteiger partial charge is 0.253 e. The molecular weight excluding hydrogens is 350 g/mol. The van der Waals surface area contributed by atoms with E-state index < -0.39 is 0 Å². The van der Waals surface area contributed by atoms with E-state index in [1.54, 1.807) is 0 Å². The van der Waals surface area contributed by atoms with Gasteiger partial charge in [0, 0.05) is 41.3 Å². The lowest BCUT2D eigenvalue weighted by Crippen LogP contribution is -2.28. The number of aromatic nitrogens is 1. The number of para-hydroxylation sites is 1. The molecule has 5 heteroatoms. The minimum atomic E-state index is -0.200. The number of benzene rings is 2. The molecule has 1 amide bonds. The zero-order valence-corrected chi connectivity index (χ0v) is 16.5. The number of H-pyrrole nitrogens is 1. The van der Waals surface area contributed by atoms with Gasteiger partial charge in [-0.15, -0.1) is 0 Å². The van der Waals surface area contributed by atoms with Crippen molar-refractivity contribution in [3.8, 4) is 0 Å². The number of hydrogen-bond donors (Lipinski definition) is 2. The summed E-state index contributed by atoms with van der Waals surface area (Å²) in [6, 6.07) is 19.5. The van der Waals surface area contributed by atoms with Gasteiger partial charge in [0.15, 0.2) is 0 Å². The quantitative estimate of drug-likeness (QED) is 0.682. The molecule has 0 aliphatic carbocycles. The van der Waals surface area contributed by atoms with E-state index >= 15 is 0 Å². The third-order valence-electron chi connectivity index (χ3n) is 4.74. The van der Waals surface area contributed by atoms with E-state index in [4.69, 9.17) is 0 Å². The van der Waals surface area contributed by atoms with Crippen molar-refractivity contribution in [2.75, 3.05) is 11.4 Å². The van der Waals surface area contributed by atoms with Gasteiger partial charge in [-0.2, -0.15) is 0 Å². The van der Waals surface area contributed by atoms with Crippen molar-refractivity contribution in [2.45, 2.75) is 27.3 Å². The Morgan fingerprint density at radius 2 is 1.64 bits per heavy atom. The Morgan fingerprint density at radius 1 is 1.00 bits per heavy atom. The maximum atomic E-state index is 12.5. The van der Waals surface area contributed by atoms with Gasteiger partial charge in [0.1, 0.15) is 0 Å². The van der Waals surface area contributed by atoms with E-state index in [1.807, 2.05) is 62.4 Å². The number of aromatic amines is 1. The van der Waals surface area contributed by atoms with Crippen LogP contribution in [0, 0.1) is 13.8 Å². The predicted octanol–water partition coefficient (Wildman–Crippen LogP) is 4.08. The average molecular weight is 375 g/mol. The lowest BCUT2D eigenvalue weighted by molar-refractivity contribution is 0.0951. The molecule has 28 heavy (non-hydrogen) atoms. The molecule has 3 rings (SSSR count). The molecule has 0 atom stereocenters. The largest absolute Gasteiger partial charge is 0.348 e. The Balaban J connectivity index is 1.71. The lowest BCUT2D eigenvalue weighted by Gasteiger charge is -2.23. The van der Waals surface area contributed by atoms with Gasteiger partial charge in [-0.25, -0.2) is 0 Å². The van der Waals surface area contributed by atoms with Crippen LogP contribution in [0.15, 0.2) is 65.5 Å². The molecular formula is C23H25N3O2. The van der Waals surface area contributed by atoms with Crippen LogP contribution in [-0.2, 0) is 6.54 Å². The van der Waals surface area contributed by atoms with Gasteiger partial charge < -0.3 is 15.2 Å². The highest BCUT2D eigenvalue weighted by Crippen LogP contribution is 2.25. The molecule has 0 unspecified atom stereocenters. The highest BCUT2D eigenvalue weighted by Gasteiger charge is 2.11. The van der Waals surface area contributed by atoms with Crippen molar-refractivity contribution in [3.63, 3.8) is 0 Å². The number of nitrogens with one attached hydrogen (secondary N) is 2. The number of aryl methyl sites for hydroxylation is 2. The molecule has 2 N–H and O–H groups in total. The Hall–Kier alpha value is -3.34. The Morgan fingerprint density at radius 3 is 2.25 bits per heavy atom. The topological polar surface area (TPSA) is 65.2 Å². The third kappa shape index (κ3) is 4.31. The minimum Gasteiger partial charge on any atom is -0.348 e. The Labute approximate surface area is 165 Å². The van der Waals surface area contributed by atoms with Gasteiger partial charge in [-0.05, 0) is 68.8 Å². The molecule has 3 aromatic rings. The van der Waals surface area contributed by atoms with Crippen LogP contribution in [0.1, 0.15) is 34.1 Å². The molecule has 0 bridgehead atoms. The van der Waals surface area contributed by atoms with Crippen molar-refractivity contribution in [3.05, 3.63) is 93.4 Å². The first-order chi connectivity index (χ1) is 13.5. The first kappa shape index (κ1) is 19.4. The number of carbonyl (C=O) groups excluding carboxylic acids is 1. The van der Waals surface area contributed by atoms with Crippen molar-refractivity contribution in [2.24, 2.45) is 0 Å². The van der Waals surface area contributed by atoms with Gasteiger partial charge in [-0.3, -0.25) is 9.59 Å². The molecule has 2 aromatic carbocycles. The van der Waals surface area contributed by atoms with E-state index in [1.165, 1.54) is 0 Å². The fraction of sp³-hybridized carbons (Fsp3) is 0.217. The van der Waals surface area contributed by atoms with Crippen LogP contribution >= 0.6 is 0 Å². The average Bonchev–Trinajstić information content (AvgIpc) is 2.69. The first-order valence-corrected chi connectivity index (χ1v) is 9.40. The standard InChI is InChI=1S/C23H25N3O2/c1-4-26(19-8-6-5-7-9-19)20-12-10-18(11-13-20)22(27)24-15-21-16(2)14-17(3)25-23(21)28/h5-14H,4,15H2,1-3H3,(H,24,27)(H,25,28). The summed E-state index contributed by atoms with van der Waals surface area (Å²) in [5.74, 6) is -0.200. The van der Waals surface area contributed by atoms with Gasteiger partial charge in [0.25, 0.3) is 11.5 Å². The molecule has 0 saturated heterocycles. The van der Waals surface area contributed by atoms with Crippen LogP contribution in [0.4, 0.5) is 11.4 Å². The van der Waals surface area contributed by atoms with Crippen LogP contribution in [-0.4, -0.2) is 17.4 Å². The zero-order chi connectivity index (χ0) is 20.1. The summed E-state index contributed by atoms with van der Waals surface area (Å²) in [6.07, 6.45) is 0. The second-order valence-electron chi connectivity index (χ2n) is 6.75. The highest BCUT2D eigenvalue weighted by atomic mass is 16.1. The van der Waals surface area contributed by atoms with Crippen LogP contribution in [0.5, 0.6) is 0 Å². The molecule has 0 spiro atoms. The molecule has 0 aliphatic rings. The van der Waals surface area contributed by atoms with Crippen molar-refractivity contribution < 1.29 is 4.79 Å². The highest BCUT2D eigenvalue weighted by molar-refractivity contribution is 5.94. The van der Waals surface area contributed by atoms with Crippen molar-refractivity contribution >= 4 is 17.3 Å². The maximum Gasteiger partial charge on any atom is 0.253 e. The van der Waals surface area contributed by atoms with Crippen molar-refractivity contribution in [1.29, 1.82) is 0 Å². The monoisotopic (exact) mass is 375 g/mol. The summed E-state index contributed by atoms with van der Waals surface area (Å²) in [5.41, 5.74) is 4.80. The van der Waals surface area contributed by atoms with Gasteiger partial charge in [-0.1, -0.05) is 18.2 Å². The molecule has 0 aliphatic heterocycles. The number of carbonyl (C=O) groups is 1. The summed E-state index contributed by atoms with van der Waals surface area (Å²) < 4.78 is 0. The van der Waals surface area contributed by atoms with Crippen molar-refractivity contribution in [1.82, 2.24) is 10.3 Å². The van der Waals surface area contributed by atoms with Crippen LogP contribution in [0.2, 0.25) is 0 Å². The summed E-state index contributed by atoms with van der Waals surface area (Å²) in [4.78, 5) is 29.5. The SMILES string of the molecule is CCN(c1ccccc1)c1ccc(C(=O)NCc2c(C)cc(C)[nH]c2=O)cc1. The molecule has 0 radical (unpaired) electrons. The summed E-state index contributed by atoms with van der Waals surface area (Å²) in [7, 11) is 0. The van der Waals surface area contributed by atoms with Crippen LogP contribution < -0.4 is 15.8 Å². The Kier molecular flexibility index (Phi) is 5.94. The molecule has 0 fully saturated rings. The fourth-order valence-electron chi connectivity index (χ4n) is 3.29. The first-order valence-electron chi connectivity index (χ1n) is 9.40. The van der Waals surface area contributed by atoms with E-state index in [0.717, 1.165) is 29.2 Å². The zero-order valence-electron chi connectivity index (χ0n) is 16.5. The maximum absolute atomic E-state index is 12.5. The second kappa shape index (κ2) is 8.57. The molecule has 0 saturated carbocycles. The van der Waals surface area contributed by atoms with Crippen LogP contribution in [0.25, 0.3) is 0 Å². The number of pyridine rings is 1.